The smallest absolute Gasteiger partial charge is 0.136 e. The summed E-state index contributed by atoms with van der Waals surface area (Å²) in [4.78, 5) is 0. The van der Waals surface area contributed by atoms with E-state index in [0.717, 1.165) is 16.2 Å². The molecule has 46 heavy (non-hydrogen) atoms. The van der Waals surface area contributed by atoms with Gasteiger partial charge in [0.05, 0.1) is 16.4 Å². The molecule has 0 amide bonds. The third kappa shape index (κ3) is 3.40. The van der Waals surface area contributed by atoms with E-state index in [9.17, 15) is 5.48 Å². The number of furan rings is 1. The number of fused-ring (bicyclic) bond motifs is 9. The predicted molar refractivity (Wildman–Crippen MR) is 195 cm³/mol. The Morgan fingerprint density at radius 2 is 1.11 bits per heavy atom. The van der Waals surface area contributed by atoms with Gasteiger partial charge in [-0.15, -0.1) is 0 Å². The summed E-state index contributed by atoms with van der Waals surface area (Å²) in [5.41, 5.74) is 2.98. The lowest BCUT2D eigenvalue weighted by atomic mass is 9.80. The van der Waals surface area contributed by atoms with Crippen LogP contribution < -0.4 is 0 Å². The second kappa shape index (κ2) is 9.19. The summed E-state index contributed by atoms with van der Waals surface area (Å²) < 4.78 is 115. The van der Waals surface area contributed by atoms with Crippen LogP contribution in [0.5, 0.6) is 0 Å². The van der Waals surface area contributed by atoms with Crippen LogP contribution >= 0.6 is 0 Å². The molecule has 0 bridgehead atoms. The molecule has 9 aromatic rings. The molecular weight excluding hydrogens is 556 g/mol. The second-order valence-electron chi connectivity index (χ2n) is 12.4. The van der Waals surface area contributed by atoms with Crippen molar-refractivity contribution in [1.82, 2.24) is 0 Å². The Morgan fingerprint density at radius 1 is 0.478 bits per heavy atom. The van der Waals surface area contributed by atoms with Gasteiger partial charge in [-0.05, 0) is 101 Å². The highest BCUT2D eigenvalue weighted by Crippen LogP contribution is 2.54. The third-order valence-electron chi connectivity index (χ3n) is 9.57. The minimum atomic E-state index is -0.935. The van der Waals surface area contributed by atoms with Gasteiger partial charge in [0.2, 0.25) is 0 Å². The second-order valence-corrected chi connectivity index (χ2v) is 12.4. The van der Waals surface area contributed by atoms with Crippen molar-refractivity contribution in [2.45, 2.75) is 19.3 Å². The molecule has 0 atom stereocenters. The summed E-state index contributed by atoms with van der Waals surface area (Å²) >= 11 is 0. The molecule has 1 aromatic heterocycles. The fourth-order valence-corrected chi connectivity index (χ4v) is 7.46. The largest absolute Gasteiger partial charge is 0.456 e. The average molecular weight is 599 g/mol. The van der Waals surface area contributed by atoms with Crippen molar-refractivity contribution in [2.75, 3.05) is 0 Å². The molecule has 0 N–H and O–H groups in total. The fraction of sp³-hybridized carbons (Fsp3) is 0.0667. The molecule has 0 radical (unpaired) electrons. The van der Waals surface area contributed by atoms with Crippen molar-refractivity contribution < 1.29 is 20.9 Å². The summed E-state index contributed by atoms with van der Waals surface area (Å²) in [5, 5.41) is 3.60. The molecule has 10 rings (SSSR count). The van der Waals surface area contributed by atoms with Crippen molar-refractivity contribution in [3.63, 3.8) is 0 Å². The lowest BCUT2D eigenvalue weighted by Gasteiger charge is -2.22. The van der Waals surface area contributed by atoms with Crippen LogP contribution in [0.25, 0.3) is 87.6 Å². The van der Waals surface area contributed by atoms with Crippen LogP contribution in [0.15, 0.2) is 150 Å². The quantitative estimate of drug-likeness (QED) is 0.180. The van der Waals surface area contributed by atoms with Crippen molar-refractivity contribution >= 4 is 54.3 Å². The number of benzene rings is 8. The van der Waals surface area contributed by atoms with Crippen molar-refractivity contribution in [3.8, 4) is 33.4 Å². The first-order valence-electron chi connectivity index (χ1n) is 21.1. The standard InChI is InChI=1S/C45H30O/c1-45(2)38-20-10-9-18-34(38)44-35(19-11-21-39(44)45)43-32-16-7-5-14-30(32)42(31-15-6-8-17-33(31)43)29-22-23-40-36(25-29)37-24-27-12-3-4-13-28(27)26-41(37)46-40/h3-26H,1-2H3/i5D,6D,7D,8D,9D,10D,14D,15D,16D,17D,18D,20D. The Morgan fingerprint density at radius 3 is 1.85 bits per heavy atom. The van der Waals surface area contributed by atoms with E-state index in [4.69, 9.17) is 15.4 Å². The average Bonchev–Trinajstić information content (AvgIpc) is 3.70. The maximum atomic E-state index is 9.50. The summed E-state index contributed by atoms with van der Waals surface area (Å²) in [6, 6.07) is 17.3. The van der Waals surface area contributed by atoms with E-state index in [1.54, 1.807) is 24.3 Å². The maximum Gasteiger partial charge on any atom is 0.136 e. The molecular formula is C45H30O. The van der Waals surface area contributed by atoms with E-state index in [1.165, 1.54) is 0 Å². The molecule has 0 aliphatic heterocycles. The first-order valence-corrected chi connectivity index (χ1v) is 15.1. The van der Waals surface area contributed by atoms with Crippen molar-refractivity contribution in [1.29, 1.82) is 0 Å². The molecule has 1 aliphatic rings. The Kier molecular flexibility index (Phi) is 3.31. The van der Waals surface area contributed by atoms with Gasteiger partial charge < -0.3 is 4.42 Å². The topological polar surface area (TPSA) is 13.1 Å². The van der Waals surface area contributed by atoms with Gasteiger partial charge in [-0.3, -0.25) is 0 Å². The van der Waals surface area contributed by atoms with Gasteiger partial charge in [0.1, 0.15) is 11.2 Å². The molecule has 216 valence electrons. The van der Waals surface area contributed by atoms with Crippen LogP contribution in [0.1, 0.15) is 41.4 Å². The highest BCUT2D eigenvalue weighted by molar-refractivity contribution is 6.23. The van der Waals surface area contributed by atoms with Gasteiger partial charge in [0.15, 0.2) is 0 Å². The molecule has 1 heterocycles. The molecule has 8 aromatic carbocycles. The highest BCUT2D eigenvalue weighted by atomic mass is 16.3. The van der Waals surface area contributed by atoms with E-state index >= 15 is 0 Å². The van der Waals surface area contributed by atoms with E-state index in [-0.39, 0.29) is 56.4 Å². The first-order chi connectivity index (χ1) is 27.6. The molecule has 0 fully saturated rings. The monoisotopic (exact) mass is 598 g/mol. The minimum absolute atomic E-state index is 0.0159. The molecule has 0 saturated heterocycles. The highest BCUT2D eigenvalue weighted by Gasteiger charge is 2.37. The molecule has 0 spiro atoms. The molecule has 1 nitrogen and oxygen atoms in total. The van der Waals surface area contributed by atoms with E-state index in [2.05, 4.69) is 0 Å². The summed E-state index contributed by atoms with van der Waals surface area (Å²) in [6.07, 6.45) is 0. The van der Waals surface area contributed by atoms with Gasteiger partial charge in [-0.2, -0.15) is 0 Å². The zero-order valence-electron chi connectivity index (χ0n) is 36.8. The Hall–Kier alpha value is -5.66. The summed E-state index contributed by atoms with van der Waals surface area (Å²) in [5.74, 6) is 0. The van der Waals surface area contributed by atoms with Gasteiger partial charge in [0.25, 0.3) is 0 Å². The van der Waals surface area contributed by atoms with Crippen molar-refractivity contribution in [3.05, 3.63) is 156 Å². The zero-order valence-corrected chi connectivity index (χ0v) is 24.8. The zero-order chi connectivity index (χ0) is 41.0. The molecule has 0 saturated carbocycles. The molecule has 1 aliphatic carbocycles. The molecule has 0 unspecified atom stereocenters. The van der Waals surface area contributed by atoms with E-state index < -0.39 is 59.8 Å². The lowest BCUT2D eigenvalue weighted by molar-refractivity contribution is 0.660. The van der Waals surface area contributed by atoms with Crippen molar-refractivity contribution in [2.24, 2.45) is 0 Å². The van der Waals surface area contributed by atoms with E-state index in [0.29, 0.717) is 44.4 Å². The van der Waals surface area contributed by atoms with Crippen LogP contribution in [0.4, 0.5) is 0 Å². The summed E-state index contributed by atoms with van der Waals surface area (Å²) in [7, 11) is 0. The van der Waals surface area contributed by atoms with Crippen LogP contribution in [0.3, 0.4) is 0 Å². The van der Waals surface area contributed by atoms with Gasteiger partial charge >= 0.3 is 0 Å². The van der Waals surface area contributed by atoms with Gasteiger partial charge in [-0.25, -0.2) is 0 Å². The predicted octanol–water partition coefficient (Wildman–Crippen LogP) is 12.7. The van der Waals surface area contributed by atoms with Crippen LogP contribution in [0, 0.1) is 0 Å². The maximum absolute atomic E-state index is 9.50. The fourth-order valence-electron chi connectivity index (χ4n) is 7.46. The van der Waals surface area contributed by atoms with Crippen LogP contribution in [0.2, 0.25) is 0 Å². The summed E-state index contributed by atoms with van der Waals surface area (Å²) in [6.45, 7) is 3.72. The van der Waals surface area contributed by atoms with E-state index in [1.807, 2.05) is 62.4 Å². The Labute approximate surface area is 284 Å². The normalized spacial score (nSPS) is 17.3. The van der Waals surface area contributed by atoms with Crippen LogP contribution in [-0.4, -0.2) is 0 Å². The van der Waals surface area contributed by atoms with Gasteiger partial charge in [0, 0.05) is 16.2 Å². The number of hydrogen-bond acceptors (Lipinski definition) is 1. The third-order valence-corrected chi connectivity index (χ3v) is 9.57. The first kappa shape index (κ1) is 16.6. The molecule has 1 heteroatoms. The lowest BCUT2D eigenvalue weighted by Crippen LogP contribution is -2.14. The minimum Gasteiger partial charge on any atom is -0.456 e. The Balaban J connectivity index is 1.44. The van der Waals surface area contributed by atoms with Gasteiger partial charge in [-0.1, -0.05) is 135 Å². The number of hydrogen-bond donors (Lipinski definition) is 0. The Bertz CT molecular complexity index is 3320. The van der Waals surface area contributed by atoms with Crippen LogP contribution in [-0.2, 0) is 5.41 Å². The number of rotatable bonds is 2. The SMILES string of the molecule is [2H]c1c([2H])c([2H])c2c(c1[2H])-c1c(-c3c4c([2H])c([2H])c([2H])c([2H])c4c(-c4ccc5oc6cc7ccccc7cc6c5c4)c4c([2H])c([2H])c([2H])c([2H])c34)cccc1C2(C)C.